The summed E-state index contributed by atoms with van der Waals surface area (Å²) in [5.74, 6) is 0. The molecule has 0 fully saturated rings. The van der Waals surface area contributed by atoms with Gasteiger partial charge in [0.15, 0.2) is 5.15 Å². The zero-order valence-corrected chi connectivity index (χ0v) is 9.77. The fourth-order valence-electron chi connectivity index (χ4n) is 0.786. The number of hydrogen-bond donors (Lipinski definition) is 1. The van der Waals surface area contributed by atoms with Gasteiger partial charge in [0.1, 0.15) is 5.03 Å². The third-order valence-electron chi connectivity index (χ3n) is 1.44. The van der Waals surface area contributed by atoms with Crippen molar-refractivity contribution in [1.82, 2.24) is 15.2 Å². The van der Waals surface area contributed by atoms with Crippen molar-refractivity contribution in [2.24, 2.45) is 0 Å². The summed E-state index contributed by atoms with van der Waals surface area (Å²) in [6, 6.07) is 0. The zero-order chi connectivity index (χ0) is 10.6. The van der Waals surface area contributed by atoms with Crippen molar-refractivity contribution >= 4 is 35.0 Å². The van der Waals surface area contributed by atoms with Crippen LogP contribution in [-0.2, 0) is 0 Å². The van der Waals surface area contributed by atoms with Crippen LogP contribution in [0.15, 0.2) is 5.03 Å². The fraction of sp³-hybridized carbons (Fsp3) is 0.571. The van der Waals surface area contributed by atoms with Gasteiger partial charge in [-0.15, -0.1) is 10.2 Å². The molecule has 1 atom stereocenters. The Hall–Kier alpha value is -0.100. The third-order valence-corrected chi connectivity index (χ3v) is 3.11. The van der Waals surface area contributed by atoms with E-state index in [2.05, 4.69) is 15.2 Å². The van der Waals surface area contributed by atoms with E-state index in [1.807, 2.05) is 6.92 Å². The van der Waals surface area contributed by atoms with E-state index in [9.17, 15) is 0 Å². The second-order valence-electron chi connectivity index (χ2n) is 2.62. The van der Waals surface area contributed by atoms with Crippen LogP contribution in [0.1, 0.15) is 13.3 Å². The SMILES string of the molecule is CC(CCO)Sc1nc(Cl)nnc1Cl. The smallest absolute Gasteiger partial charge is 0.244 e. The van der Waals surface area contributed by atoms with Crippen LogP contribution in [0.3, 0.4) is 0 Å². The van der Waals surface area contributed by atoms with Gasteiger partial charge in [-0.2, -0.15) is 0 Å². The van der Waals surface area contributed by atoms with Gasteiger partial charge in [0.25, 0.3) is 0 Å². The van der Waals surface area contributed by atoms with Gasteiger partial charge in [-0.1, -0.05) is 30.3 Å². The second kappa shape index (κ2) is 5.70. The molecular weight excluding hydrogens is 245 g/mol. The molecule has 0 radical (unpaired) electrons. The molecule has 0 spiro atoms. The summed E-state index contributed by atoms with van der Waals surface area (Å²) in [4.78, 5) is 3.94. The van der Waals surface area contributed by atoms with Crippen molar-refractivity contribution in [2.75, 3.05) is 6.61 Å². The molecule has 0 saturated heterocycles. The van der Waals surface area contributed by atoms with Gasteiger partial charge >= 0.3 is 0 Å². The minimum absolute atomic E-state index is 0.0769. The van der Waals surface area contributed by atoms with Crippen molar-refractivity contribution in [2.45, 2.75) is 23.6 Å². The first-order valence-corrected chi connectivity index (χ1v) is 5.60. The van der Waals surface area contributed by atoms with E-state index in [0.29, 0.717) is 11.4 Å². The predicted molar refractivity (Wildman–Crippen MR) is 56.9 cm³/mol. The summed E-state index contributed by atoms with van der Waals surface area (Å²) in [5, 5.41) is 16.9. The zero-order valence-electron chi connectivity index (χ0n) is 7.44. The first kappa shape index (κ1) is 12.0. The van der Waals surface area contributed by atoms with Gasteiger partial charge in [0.2, 0.25) is 5.28 Å². The quantitative estimate of drug-likeness (QED) is 0.833. The van der Waals surface area contributed by atoms with Crippen molar-refractivity contribution in [3.63, 3.8) is 0 Å². The average molecular weight is 254 g/mol. The van der Waals surface area contributed by atoms with E-state index in [0.717, 1.165) is 0 Å². The van der Waals surface area contributed by atoms with E-state index in [4.69, 9.17) is 28.3 Å². The van der Waals surface area contributed by atoms with Crippen molar-refractivity contribution in [3.8, 4) is 0 Å². The molecule has 7 heteroatoms. The minimum Gasteiger partial charge on any atom is -0.396 e. The Kier molecular flexibility index (Phi) is 4.88. The lowest BCUT2D eigenvalue weighted by atomic mass is 10.3. The number of hydrogen-bond acceptors (Lipinski definition) is 5. The highest BCUT2D eigenvalue weighted by molar-refractivity contribution is 7.99. The molecule has 0 aliphatic heterocycles. The van der Waals surface area contributed by atoms with Gasteiger partial charge < -0.3 is 5.11 Å². The Labute approximate surface area is 96.0 Å². The summed E-state index contributed by atoms with van der Waals surface area (Å²) in [6.45, 7) is 2.10. The van der Waals surface area contributed by atoms with Gasteiger partial charge in [0, 0.05) is 11.9 Å². The number of aliphatic hydroxyl groups is 1. The minimum atomic E-state index is 0.0769. The van der Waals surface area contributed by atoms with Crippen molar-refractivity contribution in [1.29, 1.82) is 0 Å². The normalized spacial score (nSPS) is 12.9. The Morgan fingerprint density at radius 1 is 1.43 bits per heavy atom. The highest BCUT2D eigenvalue weighted by Crippen LogP contribution is 2.28. The number of halogens is 2. The lowest BCUT2D eigenvalue weighted by Gasteiger charge is -2.08. The summed E-state index contributed by atoms with van der Waals surface area (Å²) >= 11 is 12.8. The predicted octanol–water partition coefficient (Wildman–Crippen LogP) is 2.04. The van der Waals surface area contributed by atoms with Crippen LogP contribution < -0.4 is 0 Å². The van der Waals surface area contributed by atoms with Crippen LogP contribution >= 0.6 is 35.0 Å². The van der Waals surface area contributed by atoms with Crippen LogP contribution in [0.2, 0.25) is 10.4 Å². The number of aliphatic hydroxyl groups excluding tert-OH is 1. The Morgan fingerprint density at radius 2 is 2.14 bits per heavy atom. The van der Waals surface area contributed by atoms with Crippen molar-refractivity contribution < 1.29 is 5.11 Å². The molecule has 1 unspecified atom stereocenters. The molecule has 1 N–H and O–H groups in total. The maximum Gasteiger partial charge on any atom is 0.244 e. The maximum atomic E-state index is 8.72. The first-order valence-electron chi connectivity index (χ1n) is 3.96. The number of aromatic nitrogens is 3. The molecule has 1 heterocycles. The van der Waals surface area contributed by atoms with Gasteiger partial charge in [-0.05, 0) is 18.0 Å². The molecule has 0 saturated carbocycles. The molecule has 0 amide bonds. The molecule has 14 heavy (non-hydrogen) atoms. The molecule has 1 aromatic heterocycles. The van der Waals surface area contributed by atoms with Crippen LogP contribution in [0.25, 0.3) is 0 Å². The average Bonchev–Trinajstić information content (AvgIpc) is 2.12. The molecule has 0 aromatic carbocycles. The summed E-state index contributed by atoms with van der Waals surface area (Å²) in [5.41, 5.74) is 0. The van der Waals surface area contributed by atoms with E-state index in [-0.39, 0.29) is 22.3 Å². The number of rotatable bonds is 4. The molecule has 1 rings (SSSR count). The van der Waals surface area contributed by atoms with Gasteiger partial charge in [-0.25, -0.2) is 4.98 Å². The molecule has 4 nitrogen and oxygen atoms in total. The van der Waals surface area contributed by atoms with E-state index >= 15 is 0 Å². The van der Waals surface area contributed by atoms with E-state index in [1.165, 1.54) is 11.8 Å². The highest BCUT2D eigenvalue weighted by atomic mass is 35.5. The highest BCUT2D eigenvalue weighted by Gasteiger charge is 2.11. The topological polar surface area (TPSA) is 58.9 Å². The van der Waals surface area contributed by atoms with E-state index < -0.39 is 0 Å². The summed E-state index contributed by atoms with van der Waals surface area (Å²) in [6.07, 6.45) is 0.669. The molecule has 1 aromatic rings. The fourth-order valence-corrected chi connectivity index (χ4v) is 2.05. The molecular formula is C7H9Cl2N3OS. The standard InChI is InChI=1S/C7H9Cl2N3OS/c1-4(2-3-13)14-6-5(8)11-12-7(9)10-6/h4,13H,2-3H2,1H3. The number of nitrogens with zero attached hydrogens (tertiary/aromatic N) is 3. The van der Waals surface area contributed by atoms with Crippen LogP contribution in [0.5, 0.6) is 0 Å². The Morgan fingerprint density at radius 3 is 2.79 bits per heavy atom. The van der Waals surface area contributed by atoms with E-state index in [1.54, 1.807) is 0 Å². The summed E-state index contributed by atoms with van der Waals surface area (Å²) in [7, 11) is 0. The molecule has 0 bridgehead atoms. The maximum absolute atomic E-state index is 8.72. The Balaban J connectivity index is 2.70. The van der Waals surface area contributed by atoms with Crippen LogP contribution in [-0.4, -0.2) is 32.1 Å². The molecule has 78 valence electrons. The van der Waals surface area contributed by atoms with Crippen LogP contribution in [0.4, 0.5) is 0 Å². The second-order valence-corrected chi connectivity index (χ2v) is 4.74. The van der Waals surface area contributed by atoms with Gasteiger partial charge in [0.05, 0.1) is 0 Å². The molecule has 0 aliphatic rings. The summed E-state index contributed by atoms with van der Waals surface area (Å²) < 4.78 is 0. The first-order chi connectivity index (χ1) is 6.63. The lowest BCUT2D eigenvalue weighted by molar-refractivity contribution is 0.289. The van der Waals surface area contributed by atoms with Crippen LogP contribution in [0, 0.1) is 0 Å². The largest absolute Gasteiger partial charge is 0.396 e. The van der Waals surface area contributed by atoms with Crippen molar-refractivity contribution in [3.05, 3.63) is 10.4 Å². The molecule has 0 aliphatic carbocycles. The monoisotopic (exact) mass is 253 g/mol. The lowest BCUT2D eigenvalue weighted by Crippen LogP contribution is -2.01. The van der Waals surface area contributed by atoms with Gasteiger partial charge in [-0.3, -0.25) is 0 Å². The third kappa shape index (κ3) is 3.57. The number of thioether (sulfide) groups is 1. The Bertz CT molecular complexity index is 313.